The molecule has 4 unspecified atom stereocenters. The first-order valence-corrected chi connectivity index (χ1v) is 22.6. The molecule has 0 spiro atoms. The second kappa shape index (κ2) is 11.6. The summed E-state index contributed by atoms with van der Waals surface area (Å²) < 4.78 is 0. The molecule has 2 fully saturated rings. The van der Waals surface area contributed by atoms with Crippen molar-refractivity contribution in [1.82, 2.24) is 0 Å². The highest BCUT2D eigenvalue weighted by Gasteiger charge is 2.63. The van der Waals surface area contributed by atoms with Crippen LogP contribution in [0.2, 0.25) is 0 Å². The van der Waals surface area contributed by atoms with E-state index < -0.39 is 0 Å². The molecular weight excluding hydrogens is 701 g/mol. The van der Waals surface area contributed by atoms with Crippen molar-refractivity contribution in [2.75, 3.05) is 14.7 Å². The first-order valence-electron chi connectivity index (χ1n) is 22.6. The van der Waals surface area contributed by atoms with Crippen molar-refractivity contribution < 1.29 is 0 Å². The maximum absolute atomic E-state index is 2.93. The number of rotatable bonds is 2. The van der Waals surface area contributed by atoms with Crippen LogP contribution in [0.4, 0.5) is 39.8 Å². The van der Waals surface area contributed by atoms with Gasteiger partial charge in [0.1, 0.15) is 0 Å². The van der Waals surface area contributed by atoms with Crippen molar-refractivity contribution in [3.05, 3.63) is 119 Å². The van der Waals surface area contributed by atoms with E-state index in [0.717, 1.165) is 0 Å². The van der Waals surface area contributed by atoms with Crippen molar-refractivity contribution in [3.63, 3.8) is 0 Å². The lowest BCUT2D eigenvalue weighted by Crippen LogP contribution is -2.64. The van der Waals surface area contributed by atoms with E-state index in [1.165, 1.54) is 119 Å². The normalized spacial score (nSPS) is 27.8. The molecule has 11 rings (SSSR count). The molecule has 0 saturated heterocycles. The van der Waals surface area contributed by atoms with Crippen LogP contribution in [0.5, 0.6) is 0 Å². The molecule has 5 aromatic rings. The van der Waals surface area contributed by atoms with Crippen molar-refractivity contribution in [1.29, 1.82) is 0 Å². The molecule has 58 heavy (non-hydrogen) atoms. The molecule has 296 valence electrons. The molecule has 4 heteroatoms. The van der Waals surface area contributed by atoms with Gasteiger partial charge in [0.15, 0.2) is 0 Å². The van der Waals surface area contributed by atoms with Crippen LogP contribution in [0.1, 0.15) is 143 Å². The molecule has 4 atom stereocenters. The fraction of sp³-hybridized carbons (Fsp3) is 0.444. The van der Waals surface area contributed by atoms with Crippen molar-refractivity contribution in [2.45, 2.75) is 153 Å². The molecule has 4 aliphatic heterocycles. The van der Waals surface area contributed by atoms with Gasteiger partial charge < -0.3 is 14.7 Å². The SMILES string of the molecule is CC(C)(C)c1ccc2c(c1)C1(C)CCCCC1(C)N2c1cc2c3c(c1)N1c4c(cc(C(C)(C)C)cc4C4(C)CCCCC14C)B3c1ccccc1N2c1ccccc1. The standard InChI is InChI=1S/C54H62BN3/c1-49(2,3)35-24-25-43-39(30-35)51(7)26-16-18-28-53(51,9)57(43)38-33-45-47-46(34-38)58-48-40(52(8)27-17-19-29-54(52,58)10)31-36(50(4,5)6)32-42(48)55(47)41-22-14-15-23-44(41)56(45)37-20-12-11-13-21-37/h11-15,20-25,30-34H,16-19,26-29H2,1-10H3. The van der Waals surface area contributed by atoms with Crippen LogP contribution in [-0.4, -0.2) is 17.8 Å². The third-order valence-corrected chi connectivity index (χ3v) is 17.0. The minimum Gasteiger partial charge on any atom is -0.335 e. The highest BCUT2D eigenvalue weighted by Crippen LogP contribution is 2.65. The minimum atomic E-state index is -0.0534. The lowest BCUT2D eigenvalue weighted by atomic mass is 9.33. The lowest BCUT2D eigenvalue weighted by molar-refractivity contribution is 0.194. The van der Waals surface area contributed by atoms with Crippen LogP contribution in [0.25, 0.3) is 0 Å². The van der Waals surface area contributed by atoms with Crippen LogP contribution in [0, 0.1) is 0 Å². The molecule has 0 bridgehead atoms. The molecule has 4 heterocycles. The number of para-hydroxylation sites is 2. The Labute approximate surface area is 348 Å². The zero-order valence-corrected chi connectivity index (χ0v) is 36.8. The Morgan fingerprint density at radius 1 is 0.483 bits per heavy atom. The maximum Gasteiger partial charge on any atom is 0.252 e. The van der Waals surface area contributed by atoms with Gasteiger partial charge in [0.2, 0.25) is 0 Å². The number of fused-ring (bicyclic) bond motifs is 10. The van der Waals surface area contributed by atoms with Crippen molar-refractivity contribution in [2.24, 2.45) is 0 Å². The Morgan fingerprint density at radius 3 is 1.76 bits per heavy atom. The topological polar surface area (TPSA) is 9.72 Å². The summed E-state index contributed by atoms with van der Waals surface area (Å²) in [5.41, 5.74) is 20.1. The summed E-state index contributed by atoms with van der Waals surface area (Å²) in [4.78, 5) is 8.40. The highest BCUT2D eigenvalue weighted by atomic mass is 15.3. The van der Waals surface area contributed by atoms with Crippen LogP contribution in [0.15, 0.2) is 97.1 Å². The van der Waals surface area contributed by atoms with Crippen molar-refractivity contribution in [3.8, 4) is 0 Å². The van der Waals surface area contributed by atoms with E-state index in [-0.39, 0.29) is 39.5 Å². The van der Waals surface area contributed by atoms with E-state index in [4.69, 9.17) is 0 Å². The molecule has 5 aromatic carbocycles. The van der Waals surface area contributed by atoms with Gasteiger partial charge in [-0.1, -0.05) is 142 Å². The molecule has 0 aromatic heterocycles. The van der Waals surface area contributed by atoms with Crippen molar-refractivity contribution >= 4 is 62.9 Å². The summed E-state index contributed by atoms with van der Waals surface area (Å²) >= 11 is 0. The zero-order chi connectivity index (χ0) is 40.4. The summed E-state index contributed by atoms with van der Waals surface area (Å²) in [7, 11) is 0. The third kappa shape index (κ3) is 4.48. The molecule has 0 amide bonds. The molecular formula is C54H62BN3. The van der Waals surface area contributed by atoms with Gasteiger partial charge in [-0.15, -0.1) is 0 Å². The van der Waals surface area contributed by atoms with E-state index >= 15 is 0 Å². The summed E-state index contributed by atoms with van der Waals surface area (Å²) in [6.07, 6.45) is 9.95. The van der Waals surface area contributed by atoms with E-state index in [2.05, 4.69) is 181 Å². The Morgan fingerprint density at radius 2 is 1.07 bits per heavy atom. The van der Waals surface area contributed by atoms with Crippen LogP contribution >= 0.6 is 0 Å². The van der Waals surface area contributed by atoms with E-state index in [0.29, 0.717) is 0 Å². The predicted octanol–water partition coefficient (Wildman–Crippen LogP) is 12.4. The Bertz CT molecular complexity index is 2540. The molecule has 3 nitrogen and oxygen atoms in total. The number of hydrogen-bond donors (Lipinski definition) is 0. The monoisotopic (exact) mass is 764 g/mol. The second-order valence-electron chi connectivity index (χ2n) is 22.1. The van der Waals surface area contributed by atoms with Gasteiger partial charge >= 0.3 is 0 Å². The van der Waals surface area contributed by atoms with Gasteiger partial charge in [0.25, 0.3) is 6.71 Å². The largest absolute Gasteiger partial charge is 0.335 e. The summed E-state index contributed by atoms with van der Waals surface area (Å²) in [5.74, 6) is 0. The average molecular weight is 764 g/mol. The first-order chi connectivity index (χ1) is 27.5. The van der Waals surface area contributed by atoms with Crippen LogP contribution in [0.3, 0.4) is 0 Å². The summed E-state index contributed by atoms with van der Waals surface area (Å²) in [6, 6.07) is 38.7. The van der Waals surface area contributed by atoms with E-state index in [1.807, 2.05) is 0 Å². The summed E-state index contributed by atoms with van der Waals surface area (Å²) in [5, 5.41) is 0. The minimum absolute atomic E-state index is 0.0374. The predicted molar refractivity (Wildman–Crippen MR) is 249 cm³/mol. The van der Waals surface area contributed by atoms with E-state index in [1.54, 1.807) is 11.1 Å². The first kappa shape index (κ1) is 36.6. The molecule has 2 saturated carbocycles. The average Bonchev–Trinajstić information content (AvgIpc) is 3.54. The van der Waals surface area contributed by atoms with Gasteiger partial charge in [0, 0.05) is 50.6 Å². The Hall–Kier alpha value is -4.44. The lowest BCUT2D eigenvalue weighted by Gasteiger charge is -2.53. The third-order valence-electron chi connectivity index (χ3n) is 17.0. The smallest absolute Gasteiger partial charge is 0.252 e. The molecule has 6 aliphatic rings. The van der Waals surface area contributed by atoms with Gasteiger partial charge in [-0.3, -0.25) is 0 Å². The fourth-order valence-electron chi connectivity index (χ4n) is 13.3. The molecule has 0 radical (unpaired) electrons. The fourth-order valence-corrected chi connectivity index (χ4v) is 13.3. The van der Waals surface area contributed by atoms with Gasteiger partial charge in [0.05, 0.1) is 11.1 Å². The Kier molecular flexibility index (Phi) is 7.35. The zero-order valence-electron chi connectivity index (χ0n) is 36.8. The summed E-state index contributed by atoms with van der Waals surface area (Å²) in [6.45, 7) is 25.0. The number of nitrogens with zero attached hydrogens (tertiary/aromatic N) is 3. The van der Waals surface area contributed by atoms with Gasteiger partial charge in [-0.2, -0.15) is 0 Å². The van der Waals surface area contributed by atoms with Crippen LogP contribution in [-0.2, 0) is 21.7 Å². The number of anilines is 7. The van der Waals surface area contributed by atoms with Gasteiger partial charge in [-0.25, -0.2) is 0 Å². The maximum atomic E-state index is 2.93. The van der Waals surface area contributed by atoms with Crippen LogP contribution < -0.4 is 31.1 Å². The highest BCUT2D eigenvalue weighted by molar-refractivity contribution is 7.00. The second-order valence-corrected chi connectivity index (χ2v) is 22.1. The molecule has 0 N–H and O–H groups in total. The number of benzene rings is 5. The van der Waals surface area contributed by atoms with Gasteiger partial charge in [-0.05, 0) is 125 Å². The Balaban J connectivity index is 1.26. The van der Waals surface area contributed by atoms with E-state index in [9.17, 15) is 0 Å². The number of hydrogen-bond acceptors (Lipinski definition) is 3. The quantitative estimate of drug-likeness (QED) is 0.163. The molecule has 2 aliphatic carbocycles.